The topological polar surface area (TPSA) is 68.0 Å². The first-order valence-electron chi connectivity index (χ1n) is 8.38. The van der Waals surface area contributed by atoms with Gasteiger partial charge in [-0.3, -0.25) is 4.79 Å². The van der Waals surface area contributed by atoms with Crippen LogP contribution in [-0.4, -0.2) is 21.9 Å². The molecule has 0 saturated carbocycles. The molecular formula is C20H21N3O2S. The minimum atomic E-state index is -0.0899. The number of anilines is 1. The summed E-state index contributed by atoms with van der Waals surface area (Å²) in [5, 5.41) is 11.4. The summed E-state index contributed by atoms with van der Waals surface area (Å²) in [6.07, 6.45) is 0.586. The van der Waals surface area contributed by atoms with Crippen molar-refractivity contribution in [2.75, 3.05) is 11.1 Å². The van der Waals surface area contributed by atoms with Crippen LogP contribution < -0.4 is 5.32 Å². The highest BCUT2D eigenvalue weighted by Crippen LogP contribution is 2.23. The van der Waals surface area contributed by atoms with Crippen LogP contribution in [0.5, 0.6) is 0 Å². The Morgan fingerprint density at radius 2 is 1.77 bits per heavy atom. The third-order valence-electron chi connectivity index (χ3n) is 3.91. The van der Waals surface area contributed by atoms with Crippen LogP contribution in [0.2, 0.25) is 0 Å². The number of nitrogens with one attached hydrogen (secondary N) is 1. The Hall–Kier alpha value is -2.60. The molecule has 0 atom stereocenters. The molecule has 0 bridgehead atoms. The molecular weight excluding hydrogens is 346 g/mol. The van der Waals surface area contributed by atoms with Gasteiger partial charge in [-0.2, -0.15) is 0 Å². The SMILES string of the molecule is Cc1cc(C)c(NC(=O)CSc2nnc(Cc3ccccc3)o2)c(C)c1. The average Bonchev–Trinajstić information content (AvgIpc) is 3.04. The molecule has 0 aliphatic heterocycles. The number of amides is 1. The van der Waals surface area contributed by atoms with Crippen molar-refractivity contribution in [3.63, 3.8) is 0 Å². The van der Waals surface area contributed by atoms with E-state index in [4.69, 9.17) is 4.42 Å². The summed E-state index contributed by atoms with van der Waals surface area (Å²) >= 11 is 1.24. The van der Waals surface area contributed by atoms with Gasteiger partial charge in [-0.1, -0.05) is 59.8 Å². The van der Waals surface area contributed by atoms with Crippen LogP contribution in [0.4, 0.5) is 5.69 Å². The predicted molar refractivity (Wildman–Crippen MR) is 104 cm³/mol. The van der Waals surface area contributed by atoms with E-state index in [0.29, 0.717) is 17.5 Å². The second-order valence-corrected chi connectivity index (χ2v) is 7.16. The number of carbonyl (C=O) groups is 1. The number of aromatic nitrogens is 2. The van der Waals surface area contributed by atoms with Crippen molar-refractivity contribution in [1.82, 2.24) is 10.2 Å². The standard InChI is InChI=1S/C20H21N3O2S/c1-13-9-14(2)19(15(3)10-13)21-17(24)12-26-20-23-22-18(25-20)11-16-7-5-4-6-8-16/h4-10H,11-12H2,1-3H3,(H,21,24). The van der Waals surface area contributed by atoms with E-state index in [-0.39, 0.29) is 11.7 Å². The number of nitrogens with zero attached hydrogens (tertiary/aromatic N) is 2. The minimum Gasteiger partial charge on any atom is -0.416 e. The second-order valence-electron chi connectivity index (χ2n) is 6.23. The van der Waals surface area contributed by atoms with Gasteiger partial charge in [0.15, 0.2) is 0 Å². The predicted octanol–water partition coefficient (Wildman–Crippen LogP) is 4.32. The van der Waals surface area contributed by atoms with Crippen LogP contribution in [-0.2, 0) is 11.2 Å². The van der Waals surface area contributed by atoms with Gasteiger partial charge in [0.2, 0.25) is 11.8 Å². The van der Waals surface area contributed by atoms with Crippen LogP contribution >= 0.6 is 11.8 Å². The first-order valence-corrected chi connectivity index (χ1v) is 9.36. The van der Waals surface area contributed by atoms with Crippen molar-refractivity contribution in [1.29, 1.82) is 0 Å². The number of rotatable bonds is 6. The van der Waals surface area contributed by atoms with Crippen molar-refractivity contribution in [2.24, 2.45) is 0 Å². The number of hydrogen-bond acceptors (Lipinski definition) is 5. The molecule has 0 radical (unpaired) electrons. The van der Waals surface area contributed by atoms with Gasteiger partial charge in [0.1, 0.15) is 0 Å². The van der Waals surface area contributed by atoms with Gasteiger partial charge in [-0.15, -0.1) is 10.2 Å². The van der Waals surface area contributed by atoms with Crippen LogP contribution in [0.25, 0.3) is 0 Å². The minimum absolute atomic E-state index is 0.0899. The molecule has 5 nitrogen and oxygen atoms in total. The number of aryl methyl sites for hydroxylation is 3. The van der Waals surface area contributed by atoms with E-state index in [1.165, 1.54) is 17.3 Å². The van der Waals surface area contributed by atoms with Gasteiger partial charge >= 0.3 is 0 Å². The molecule has 0 spiro atoms. The summed E-state index contributed by atoms with van der Waals surface area (Å²) in [4.78, 5) is 12.3. The van der Waals surface area contributed by atoms with Crippen molar-refractivity contribution in [3.8, 4) is 0 Å². The van der Waals surface area contributed by atoms with E-state index in [1.807, 2.05) is 51.1 Å². The first-order chi connectivity index (χ1) is 12.5. The lowest BCUT2D eigenvalue weighted by molar-refractivity contribution is -0.113. The molecule has 1 amide bonds. The normalized spacial score (nSPS) is 10.7. The fraction of sp³-hybridized carbons (Fsp3) is 0.250. The van der Waals surface area contributed by atoms with E-state index in [2.05, 4.69) is 27.6 Å². The van der Waals surface area contributed by atoms with Crippen molar-refractivity contribution in [2.45, 2.75) is 32.4 Å². The molecule has 3 rings (SSSR count). The summed E-state index contributed by atoms with van der Waals surface area (Å²) in [6.45, 7) is 6.04. The van der Waals surface area contributed by atoms with Crippen LogP contribution in [0.15, 0.2) is 52.1 Å². The average molecular weight is 367 g/mol. The maximum Gasteiger partial charge on any atom is 0.277 e. The Labute approximate surface area is 157 Å². The largest absolute Gasteiger partial charge is 0.416 e. The lowest BCUT2D eigenvalue weighted by atomic mass is 10.1. The van der Waals surface area contributed by atoms with Crippen molar-refractivity contribution >= 4 is 23.4 Å². The Morgan fingerprint density at radius 3 is 2.46 bits per heavy atom. The summed E-state index contributed by atoms with van der Waals surface area (Å²) in [5.41, 5.74) is 5.28. The third kappa shape index (κ3) is 4.73. The highest BCUT2D eigenvalue weighted by molar-refractivity contribution is 7.99. The summed E-state index contributed by atoms with van der Waals surface area (Å²) in [5.74, 6) is 0.678. The molecule has 3 aromatic rings. The molecule has 0 saturated heterocycles. The lowest BCUT2D eigenvalue weighted by Crippen LogP contribution is -2.15. The van der Waals surface area contributed by atoms with E-state index in [1.54, 1.807) is 0 Å². The van der Waals surface area contributed by atoms with Crippen molar-refractivity contribution in [3.05, 3.63) is 70.6 Å². The number of thioether (sulfide) groups is 1. The smallest absolute Gasteiger partial charge is 0.277 e. The molecule has 0 unspecified atom stereocenters. The zero-order chi connectivity index (χ0) is 18.5. The fourth-order valence-corrected chi connectivity index (χ4v) is 3.40. The Bertz CT molecular complexity index is 883. The summed E-state index contributed by atoms with van der Waals surface area (Å²) in [6, 6.07) is 14.1. The number of benzene rings is 2. The Kier molecular flexibility index (Phi) is 5.73. The van der Waals surface area contributed by atoms with Crippen LogP contribution in [0.3, 0.4) is 0 Å². The number of carbonyl (C=O) groups excluding carboxylic acids is 1. The van der Waals surface area contributed by atoms with Gasteiger partial charge in [-0.25, -0.2) is 0 Å². The lowest BCUT2D eigenvalue weighted by Gasteiger charge is -2.12. The van der Waals surface area contributed by atoms with Gasteiger partial charge in [-0.05, 0) is 37.5 Å². The fourth-order valence-electron chi connectivity index (χ4n) is 2.82. The second kappa shape index (κ2) is 8.19. The van der Waals surface area contributed by atoms with E-state index < -0.39 is 0 Å². The molecule has 0 aliphatic rings. The molecule has 0 aliphatic carbocycles. The van der Waals surface area contributed by atoms with Gasteiger partial charge in [0.05, 0.1) is 12.2 Å². The van der Waals surface area contributed by atoms with Gasteiger partial charge < -0.3 is 9.73 Å². The molecule has 1 heterocycles. The molecule has 6 heteroatoms. The van der Waals surface area contributed by atoms with Crippen LogP contribution in [0.1, 0.15) is 28.1 Å². The zero-order valence-corrected chi connectivity index (χ0v) is 15.9. The highest BCUT2D eigenvalue weighted by Gasteiger charge is 2.12. The summed E-state index contributed by atoms with van der Waals surface area (Å²) in [7, 11) is 0. The van der Waals surface area contributed by atoms with E-state index in [0.717, 1.165) is 22.4 Å². The maximum absolute atomic E-state index is 12.3. The highest BCUT2D eigenvalue weighted by atomic mass is 32.2. The molecule has 1 aromatic heterocycles. The Morgan fingerprint density at radius 1 is 1.08 bits per heavy atom. The van der Waals surface area contributed by atoms with Crippen molar-refractivity contribution < 1.29 is 9.21 Å². The Balaban J connectivity index is 1.55. The first kappa shape index (κ1) is 18.2. The molecule has 26 heavy (non-hydrogen) atoms. The number of hydrogen-bond donors (Lipinski definition) is 1. The quantitative estimate of drug-likeness (QED) is 0.657. The molecule has 2 aromatic carbocycles. The van der Waals surface area contributed by atoms with Gasteiger partial charge in [0, 0.05) is 5.69 Å². The third-order valence-corrected chi connectivity index (χ3v) is 4.73. The molecule has 134 valence electrons. The monoisotopic (exact) mass is 367 g/mol. The van der Waals surface area contributed by atoms with Crippen LogP contribution in [0, 0.1) is 20.8 Å². The molecule has 1 N–H and O–H groups in total. The van der Waals surface area contributed by atoms with Gasteiger partial charge in [0.25, 0.3) is 5.22 Å². The van der Waals surface area contributed by atoms with E-state index >= 15 is 0 Å². The van der Waals surface area contributed by atoms with E-state index in [9.17, 15) is 4.79 Å². The summed E-state index contributed by atoms with van der Waals surface area (Å²) < 4.78 is 5.61. The maximum atomic E-state index is 12.3. The molecule has 0 fully saturated rings. The zero-order valence-electron chi connectivity index (χ0n) is 15.1.